The van der Waals surface area contributed by atoms with Crippen LogP contribution in [0.2, 0.25) is 0 Å². The lowest BCUT2D eigenvalue weighted by molar-refractivity contribution is -0.137. The van der Waals surface area contributed by atoms with Crippen molar-refractivity contribution in [2.45, 2.75) is 68.9 Å². The minimum Gasteiger partial charge on any atom is -0.348 e. The van der Waals surface area contributed by atoms with E-state index in [0.29, 0.717) is 19.4 Å². The molecular weight excluding hydrogens is 344 g/mol. The van der Waals surface area contributed by atoms with Crippen molar-refractivity contribution >= 4 is 30.3 Å². The fraction of sp³-hybridized carbons (Fsp3) is 0.824. The van der Waals surface area contributed by atoms with E-state index in [-0.39, 0.29) is 42.3 Å². The molecule has 0 aromatic rings. The fourth-order valence-corrected chi connectivity index (χ4v) is 4.58. The van der Waals surface area contributed by atoms with Gasteiger partial charge in [-0.15, -0.1) is 12.4 Å². The molecule has 2 aliphatic carbocycles. The lowest BCUT2D eigenvalue weighted by atomic mass is 9.81. The van der Waals surface area contributed by atoms with Gasteiger partial charge in [0.05, 0.1) is 5.54 Å². The number of amides is 4. The molecule has 4 amide bonds. The molecular formula is C17H29ClN4O3. The topological polar surface area (TPSA) is 95.7 Å². The Hall–Kier alpha value is -1.34. The Morgan fingerprint density at radius 1 is 1.08 bits per heavy atom. The Kier molecular flexibility index (Phi) is 5.99. The standard InChI is InChI=1S/C17H28N4O3.ClH/c1-20-15(24)21(14(23)17(20)9-3-2-4-10-17)11-13(22)19-16(12-18)7-5-6-8-16;/h2-12,18H2,1H3,(H,19,22);1H. The van der Waals surface area contributed by atoms with Gasteiger partial charge in [0.15, 0.2) is 0 Å². The zero-order valence-corrected chi connectivity index (χ0v) is 15.7. The third-order valence-electron chi connectivity index (χ3n) is 6.14. The number of nitrogens with one attached hydrogen (secondary N) is 1. The van der Waals surface area contributed by atoms with Crippen molar-refractivity contribution in [2.75, 3.05) is 20.1 Å². The second kappa shape index (κ2) is 7.50. The van der Waals surface area contributed by atoms with Gasteiger partial charge in [0, 0.05) is 13.6 Å². The van der Waals surface area contributed by atoms with E-state index in [1.54, 1.807) is 11.9 Å². The molecule has 0 aromatic heterocycles. The van der Waals surface area contributed by atoms with Gasteiger partial charge in [-0.25, -0.2) is 4.79 Å². The molecule has 0 atom stereocenters. The van der Waals surface area contributed by atoms with Crippen LogP contribution in [0.1, 0.15) is 57.8 Å². The maximum atomic E-state index is 12.9. The number of carbonyl (C=O) groups is 3. The number of nitrogens with zero attached hydrogens (tertiary/aromatic N) is 2. The average Bonchev–Trinajstić information content (AvgIpc) is 3.12. The van der Waals surface area contributed by atoms with Crippen LogP contribution in [0.25, 0.3) is 0 Å². The van der Waals surface area contributed by atoms with Crippen LogP contribution in [-0.4, -0.2) is 58.9 Å². The van der Waals surface area contributed by atoms with Gasteiger partial charge in [-0.05, 0) is 25.7 Å². The summed E-state index contributed by atoms with van der Waals surface area (Å²) < 4.78 is 0. The van der Waals surface area contributed by atoms with E-state index in [2.05, 4.69) is 5.32 Å². The smallest absolute Gasteiger partial charge is 0.327 e. The van der Waals surface area contributed by atoms with Crippen molar-refractivity contribution in [1.29, 1.82) is 0 Å². The molecule has 1 aliphatic heterocycles. The van der Waals surface area contributed by atoms with Crippen LogP contribution in [0.5, 0.6) is 0 Å². The van der Waals surface area contributed by atoms with Crippen molar-refractivity contribution in [1.82, 2.24) is 15.1 Å². The highest BCUT2D eigenvalue weighted by atomic mass is 35.5. The molecule has 0 unspecified atom stereocenters. The third-order valence-corrected chi connectivity index (χ3v) is 6.14. The van der Waals surface area contributed by atoms with Gasteiger partial charge in [-0.2, -0.15) is 0 Å². The number of urea groups is 1. The Labute approximate surface area is 155 Å². The number of imide groups is 1. The second-order valence-electron chi connectivity index (χ2n) is 7.56. The van der Waals surface area contributed by atoms with Crippen LogP contribution in [-0.2, 0) is 9.59 Å². The lowest BCUT2D eigenvalue weighted by Crippen LogP contribution is -2.55. The minimum absolute atomic E-state index is 0. The van der Waals surface area contributed by atoms with Crippen LogP contribution >= 0.6 is 12.4 Å². The zero-order chi connectivity index (χ0) is 17.4. The SMILES string of the molecule is CN1C(=O)N(CC(=O)NC2(CN)CCCC2)C(=O)C12CCCCC2.Cl. The Balaban J connectivity index is 0.00000225. The van der Waals surface area contributed by atoms with E-state index in [9.17, 15) is 14.4 Å². The van der Waals surface area contributed by atoms with Crippen molar-refractivity contribution in [3.8, 4) is 0 Å². The van der Waals surface area contributed by atoms with E-state index < -0.39 is 5.54 Å². The quantitative estimate of drug-likeness (QED) is 0.729. The highest BCUT2D eigenvalue weighted by molar-refractivity contribution is 6.09. The fourth-order valence-electron chi connectivity index (χ4n) is 4.58. The molecule has 3 rings (SSSR count). The van der Waals surface area contributed by atoms with Crippen LogP contribution in [0.4, 0.5) is 4.79 Å². The largest absolute Gasteiger partial charge is 0.348 e. The summed E-state index contributed by atoms with van der Waals surface area (Å²) in [7, 11) is 1.68. The molecule has 3 aliphatic rings. The molecule has 7 nitrogen and oxygen atoms in total. The number of hydrogen-bond donors (Lipinski definition) is 2. The number of likely N-dealkylation sites (N-methyl/N-ethyl adjacent to an activating group) is 1. The molecule has 3 N–H and O–H groups in total. The van der Waals surface area contributed by atoms with Gasteiger partial charge in [-0.3, -0.25) is 14.5 Å². The number of nitrogens with two attached hydrogens (primary N) is 1. The van der Waals surface area contributed by atoms with Crippen LogP contribution in [0, 0.1) is 0 Å². The molecule has 142 valence electrons. The van der Waals surface area contributed by atoms with Crippen molar-refractivity contribution in [2.24, 2.45) is 5.73 Å². The first-order chi connectivity index (χ1) is 11.4. The molecule has 2 saturated carbocycles. The van der Waals surface area contributed by atoms with Gasteiger partial charge in [0.1, 0.15) is 12.1 Å². The van der Waals surface area contributed by atoms with Crippen molar-refractivity contribution < 1.29 is 14.4 Å². The number of hydrogen-bond acceptors (Lipinski definition) is 4. The van der Waals surface area contributed by atoms with Gasteiger partial charge in [-0.1, -0.05) is 32.1 Å². The van der Waals surface area contributed by atoms with Crippen molar-refractivity contribution in [3.63, 3.8) is 0 Å². The molecule has 1 spiro atoms. The van der Waals surface area contributed by atoms with Crippen LogP contribution < -0.4 is 11.1 Å². The predicted molar refractivity (Wildman–Crippen MR) is 96.3 cm³/mol. The van der Waals surface area contributed by atoms with Crippen LogP contribution in [0.15, 0.2) is 0 Å². The van der Waals surface area contributed by atoms with E-state index >= 15 is 0 Å². The maximum Gasteiger partial charge on any atom is 0.327 e. The number of carbonyl (C=O) groups excluding carboxylic acids is 3. The molecule has 1 saturated heterocycles. The highest BCUT2D eigenvalue weighted by Crippen LogP contribution is 2.39. The minimum atomic E-state index is -0.728. The summed E-state index contributed by atoms with van der Waals surface area (Å²) in [6.45, 7) is 0.190. The Morgan fingerprint density at radius 3 is 2.20 bits per heavy atom. The maximum absolute atomic E-state index is 12.9. The van der Waals surface area contributed by atoms with Gasteiger partial charge < -0.3 is 16.0 Å². The van der Waals surface area contributed by atoms with E-state index in [1.165, 1.54) is 0 Å². The van der Waals surface area contributed by atoms with Crippen LogP contribution in [0.3, 0.4) is 0 Å². The molecule has 0 bridgehead atoms. The molecule has 3 fully saturated rings. The summed E-state index contributed by atoms with van der Waals surface area (Å²) in [4.78, 5) is 40.6. The predicted octanol–water partition coefficient (Wildman–Crippen LogP) is 1.39. The number of rotatable bonds is 4. The first-order valence-electron chi connectivity index (χ1n) is 9.05. The first kappa shape index (κ1) is 20.0. The normalized spacial score (nSPS) is 24.6. The Morgan fingerprint density at radius 2 is 1.64 bits per heavy atom. The molecule has 0 aromatic carbocycles. The highest BCUT2D eigenvalue weighted by Gasteiger charge is 2.56. The monoisotopic (exact) mass is 372 g/mol. The van der Waals surface area contributed by atoms with E-state index in [1.807, 2.05) is 0 Å². The summed E-state index contributed by atoms with van der Waals surface area (Å²) >= 11 is 0. The molecule has 0 radical (unpaired) electrons. The number of halogens is 1. The summed E-state index contributed by atoms with van der Waals surface area (Å²) in [6.07, 6.45) is 8.19. The summed E-state index contributed by atoms with van der Waals surface area (Å²) in [5.41, 5.74) is 4.75. The third kappa shape index (κ3) is 3.36. The van der Waals surface area contributed by atoms with Crippen molar-refractivity contribution in [3.05, 3.63) is 0 Å². The van der Waals surface area contributed by atoms with Gasteiger partial charge >= 0.3 is 6.03 Å². The van der Waals surface area contributed by atoms with E-state index in [4.69, 9.17) is 5.73 Å². The lowest BCUT2D eigenvalue weighted by Gasteiger charge is -2.35. The van der Waals surface area contributed by atoms with Gasteiger partial charge in [0.25, 0.3) is 5.91 Å². The average molecular weight is 373 g/mol. The molecule has 8 heteroatoms. The summed E-state index contributed by atoms with van der Waals surface area (Å²) in [5, 5.41) is 2.99. The summed E-state index contributed by atoms with van der Waals surface area (Å²) in [5.74, 6) is -0.497. The zero-order valence-electron chi connectivity index (χ0n) is 14.9. The van der Waals surface area contributed by atoms with E-state index in [0.717, 1.165) is 49.8 Å². The second-order valence-corrected chi connectivity index (χ2v) is 7.56. The Bertz CT molecular complexity index is 542. The molecule has 1 heterocycles. The first-order valence-corrected chi connectivity index (χ1v) is 9.05. The van der Waals surface area contributed by atoms with Gasteiger partial charge in [0.2, 0.25) is 5.91 Å². The molecule has 25 heavy (non-hydrogen) atoms. The summed E-state index contributed by atoms with van der Waals surface area (Å²) in [6, 6.07) is -0.356.